The molecule has 4 rings (SSSR count). The van der Waals surface area contributed by atoms with Gasteiger partial charge >= 0.3 is 6.18 Å². The van der Waals surface area contributed by atoms with E-state index in [0.29, 0.717) is 23.7 Å². The molecule has 0 spiro atoms. The molecule has 0 aliphatic carbocycles. The van der Waals surface area contributed by atoms with Crippen molar-refractivity contribution < 1.29 is 27.4 Å². The van der Waals surface area contributed by atoms with E-state index in [-0.39, 0.29) is 22.9 Å². The van der Waals surface area contributed by atoms with Crippen LogP contribution in [-0.4, -0.2) is 12.5 Å². The van der Waals surface area contributed by atoms with Gasteiger partial charge in [0, 0.05) is 16.1 Å². The summed E-state index contributed by atoms with van der Waals surface area (Å²) in [6.45, 7) is 2.31. The molecule has 190 valence electrons. The van der Waals surface area contributed by atoms with E-state index in [4.69, 9.17) is 21.1 Å². The summed E-state index contributed by atoms with van der Waals surface area (Å²) in [5.74, 6) is 0.430. The SMILES string of the molecule is CCOc1ccc(C(=O)Nc2ccc(Cl)cc2C(F)(F)F)cc1COc1ccc(-c2ccccc2)cc1. The topological polar surface area (TPSA) is 47.6 Å². The van der Waals surface area contributed by atoms with Gasteiger partial charge in [-0.15, -0.1) is 0 Å². The lowest BCUT2D eigenvalue weighted by Gasteiger charge is -2.16. The quantitative estimate of drug-likeness (QED) is 0.252. The Kier molecular flexibility index (Phi) is 8.04. The number of ether oxygens (including phenoxy) is 2. The van der Waals surface area contributed by atoms with Crippen LogP contribution >= 0.6 is 11.6 Å². The minimum absolute atomic E-state index is 0.0809. The summed E-state index contributed by atoms with van der Waals surface area (Å²) in [6.07, 6.45) is -4.68. The first-order valence-corrected chi connectivity index (χ1v) is 11.8. The van der Waals surface area contributed by atoms with E-state index < -0.39 is 17.6 Å². The van der Waals surface area contributed by atoms with E-state index in [9.17, 15) is 18.0 Å². The zero-order valence-corrected chi connectivity index (χ0v) is 20.6. The molecule has 0 bridgehead atoms. The molecule has 1 N–H and O–H groups in total. The molecular formula is C29H23ClF3NO3. The van der Waals surface area contributed by atoms with Gasteiger partial charge in [0.25, 0.3) is 5.91 Å². The summed E-state index contributed by atoms with van der Waals surface area (Å²) < 4.78 is 51.9. The largest absolute Gasteiger partial charge is 0.493 e. The van der Waals surface area contributed by atoms with Gasteiger partial charge in [0.1, 0.15) is 18.1 Å². The molecule has 0 saturated heterocycles. The Labute approximate surface area is 217 Å². The van der Waals surface area contributed by atoms with Crippen LogP contribution in [0.1, 0.15) is 28.4 Å². The standard InChI is InChI=1S/C29H23ClF3NO3/c1-2-36-27-15-10-21(28(35)34-26-14-11-23(30)17-25(26)29(31,32)33)16-22(27)18-37-24-12-8-20(9-13-24)19-6-4-3-5-7-19/h3-17H,2,18H2,1H3,(H,34,35). The molecule has 0 fully saturated rings. The average molecular weight is 526 g/mol. The summed E-state index contributed by atoms with van der Waals surface area (Å²) in [7, 11) is 0. The number of rotatable bonds is 8. The van der Waals surface area contributed by atoms with Gasteiger partial charge in [-0.05, 0) is 66.6 Å². The Morgan fingerprint density at radius 3 is 2.24 bits per heavy atom. The summed E-state index contributed by atoms with van der Waals surface area (Å²) in [5.41, 5.74) is 1.45. The predicted molar refractivity (Wildman–Crippen MR) is 138 cm³/mol. The minimum atomic E-state index is -4.68. The second-order valence-electron chi connectivity index (χ2n) is 8.08. The van der Waals surface area contributed by atoms with Crippen LogP contribution in [0, 0.1) is 0 Å². The predicted octanol–water partition coefficient (Wildman–Crippen LogP) is 8.26. The van der Waals surface area contributed by atoms with Gasteiger partial charge in [0.15, 0.2) is 0 Å². The minimum Gasteiger partial charge on any atom is -0.493 e. The van der Waals surface area contributed by atoms with Crippen molar-refractivity contribution in [2.75, 3.05) is 11.9 Å². The fourth-order valence-electron chi connectivity index (χ4n) is 3.72. The molecule has 4 aromatic carbocycles. The molecule has 4 aromatic rings. The van der Waals surface area contributed by atoms with Crippen molar-refractivity contribution in [2.45, 2.75) is 19.7 Å². The Morgan fingerprint density at radius 1 is 0.865 bits per heavy atom. The van der Waals surface area contributed by atoms with Crippen molar-refractivity contribution in [1.29, 1.82) is 0 Å². The van der Waals surface area contributed by atoms with Crippen LogP contribution in [0.15, 0.2) is 91.0 Å². The summed E-state index contributed by atoms with van der Waals surface area (Å²) in [4.78, 5) is 12.9. The van der Waals surface area contributed by atoms with Crippen LogP contribution in [0.4, 0.5) is 18.9 Å². The van der Waals surface area contributed by atoms with E-state index in [0.717, 1.165) is 23.3 Å². The highest BCUT2D eigenvalue weighted by molar-refractivity contribution is 6.30. The normalized spacial score (nSPS) is 11.2. The Bertz CT molecular complexity index is 1370. The van der Waals surface area contributed by atoms with Gasteiger partial charge in [-0.1, -0.05) is 54.1 Å². The molecule has 1 amide bonds. The smallest absolute Gasteiger partial charge is 0.418 e. The highest BCUT2D eigenvalue weighted by Crippen LogP contribution is 2.37. The Hall–Kier alpha value is -3.97. The molecule has 0 radical (unpaired) electrons. The molecule has 37 heavy (non-hydrogen) atoms. The molecule has 0 atom stereocenters. The Balaban J connectivity index is 1.52. The van der Waals surface area contributed by atoms with Crippen molar-refractivity contribution in [3.8, 4) is 22.6 Å². The molecule has 8 heteroatoms. The number of benzene rings is 4. The maximum absolute atomic E-state index is 13.4. The van der Waals surface area contributed by atoms with Crippen molar-refractivity contribution in [2.24, 2.45) is 0 Å². The van der Waals surface area contributed by atoms with Gasteiger partial charge < -0.3 is 14.8 Å². The molecule has 0 aliphatic rings. The number of carbonyl (C=O) groups is 1. The number of alkyl halides is 3. The Morgan fingerprint density at radius 2 is 1.57 bits per heavy atom. The van der Waals surface area contributed by atoms with E-state index >= 15 is 0 Å². The average Bonchev–Trinajstić information content (AvgIpc) is 2.89. The second kappa shape index (κ2) is 11.4. The summed E-state index contributed by atoms with van der Waals surface area (Å²) in [5, 5.41) is 2.25. The third-order valence-electron chi connectivity index (χ3n) is 5.51. The maximum Gasteiger partial charge on any atom is 0.418 e. The van der Waals surface area contributed by atoms with Crippen LogP contribution in [0.3, 0.4) is 0 Å². The van der Waals surface area contributed by atoms with E-state index in [2.05, 4.69) is 5.32 Å². The number of nitrogens with one attached hydrogen (secondary N) is 1. The number of hydrogen-bond donors (Lipinski definition) is 1. The zero-order chi connectivity index (χ0) is 26.4. The van der Waals surface area contributed by atoms with Crippen molar-refractivity contribution in [3.63, 3.8) is 0 Å². The molecule has 4 nitrogen and oxygen atoms in total. The summed E-state index contributed by atoms with van der Waals surface area (Å²) >= 11 is 5.73. The molecule has 0 heterocycles. The van der Waals surface area contributed by atoms with Gasteiger partial charge in [-0.2, -0.15) is 13.2 Å². The third kappa shape index (κ3) is 6.62. The first-order chi connectivity index (χ1) is 17.7. The van der Waals surface area contributed by atoms with E-state index in [1.807, 2.05) is 61.5 Å². The van der Waals surface area contributed by atoms with Crippen molar-refractivity contribution in [3.05, 3.63) is 113 Å². The fraction of sp³-hybridized carbons (Fsp3) is 0.138. The van der Waals surface area contributed by atoms with Gasteiger partial charge in [-0.3, -0.25) is 4.79 Å². The number of amides is 1. The van der Waals surface area contributed by atoms with Gasteiger partial charge in [0.05, 0.1) is 17.9 Å². The molecule has 0 aliphatic heterocycles. The van der Waals surface area contributed by atoms with Gasteiger partial charge in [0.2, 0.25) is 0 Å². The third-order valence-corrected chi connectivity index (χ3v) is 5.75. The summed E-state index contributed by atoms with van der Waals surface area (Å²) in [6, 6.07) is 25.3. The fourth-order valence-corrected chi connectivity index (χ4v) is 3.89. The first kappa shape index (κ1) is 26.1. The molecule has 0 saturated carbocycles. The van der Waals surface area contributed by atoms with Crippen molar-refractivity contribution >= 4 is 23.2 Å². The lowest BCUT2D eigenvalue weighted by Crippen LogP contribution is -2.17. The zero-order valence-electron chi connectivity index (χ0n) is 19.8. The van der Waals surface area contributed by atoms with Crippen LogP contribution in [0.25, 0.3) is 11.1 Å². The van der Waals surface area contributed by atoms with Crippen molar-refractivity contribution in [1.82, 2.24) is 0 Å². The highest BCUT2D eigenvalue weighted by Gasteiger charge is 2.34. The lowest BCUT2D eigenvalue weighted by molar-refractivity contribution is -0.136. The van der Waals surface area contributed by atoms with Crippen LogP contribution in [-0.2, 0) is 12.8 Å². The highest BCUT2D eigenvalue weighted by atomic mass is 35.5. The van der Waals surface area contributed by atoms with E-state index in [1.54, 1.807) is 12.1 Å². The molecular weight excluding hydrogens is 503 g/mol. The van der Waals surface area contributed by atoms with E-state index in [1.165, 1.54) is 12.1 Å². The first-order valence-electron chi connectivity index (χ1n) is 11.5. The maximum atomic E-state index is 13.4. The lowest BCUT2D eigenvalue weighted by atomic mass is 10.1. The van der Waals surface area contributed by atoms with Gasteiger partial charge in [-0.25, -0.2) is 0 Å². The number of anilines is 1. The monoisotopic (exact) mass is 525 g/mol. The van der Waals surface area contributed by atoms with Crippen LogP contribution < -0.4 is 14.8 Å². The molecule has 0 aromatic heterocycles. The van der Waals surface area contributed by atoms with Crippen LogP contribution in [0.2, 0.25) is 5.02 Å². The molecule has 0 unspecified atom stereocenters. The number of carbonyl (C=O) groups excluding carboxylic acids is 1. The number of hydrogen-bond acceptors (Lipinski definition) is 3. The number of halogens is 4. The second-order valence-corrected chi connectivity index (χ2v) is 8.51. The van der Waals surface area contributed by atoms with Crippen LogP contribution in [0.5, 0.6) is 11.5 Å².